The number of rotatable bonds is 5. The molecule has 0 aliphatic heterocycles. The van der Waals surface area contributed by atoms with Crippen LogP contribution in [0.1, 0.15) is 33.5 Å². The zero-order chi connectivity index (χ0) is 14.8. The van der Waals surface area contributed by atoms with E-state index in [0.29, 0.717) is 11.3 Å². The molecule has 20 heavy (non-hydrogen) atoms. The van der Waals surface area contributed by atoms with Crippen LogP contribution < -0.4 is 10.1 Å². The molecule has 0 saturated carbocycles. The maximum absolute atomic E-state index is 5.87. The fraction of sp³-hybridized carbons (Fsp3) is 0.529. The van der Waals surface area contributed by atoms with Gasteiger partial charge >= 0.3 is 0 Å². The van der Waals surface area contributed by atoms with Crippen LogP contribution >= 0.6 is 0 Å². The van der Waals surface area contributed by atoms with E-state index < -0.39 is 0 Å². The molecule has 0 aliphatic carbocycles. The summed E-state index contributed by atoms with van der Waals surface area (Å²) in [5.41, 5.74) is 1.15. The fourth-order valence-corrected chi connectivity index (χ4v) is 2.06. The first-order chi connectivity index (χ1) is 9.41. The van der Waals surface area contributed by atoms with Crippen molar-refractivity contribution in [2.45, 2.75) is 34.2 Å². The molecule has 1 aromatic heterocycles. The van der Waals surface area contributed by atoms with Crippen molar-refractivity contribution in [1.29, 1.82) is 0 Å². The second kappa shape index (κ2) is 5.88. The lowest BCUT2D eigenvalue weighted by Crippen LogP contribution is -2.29. The molecular weight excluding hydrogens is 250 g/mol. The van der Waals surface area contributed by atoms with Crippen LogP contribution in [0.25, 0.3) is 11.0 Å². The molecule has 1 atom stereocenters. The van der Waals surface area contributed by atoms with Gasteiger partial charge in [0.15, 0.2) is 11.3 Å². The summed E-state index contributed by atoms with van der Waals surface area (Å²) in [4.78, 5) is 0. The van der Waals surface area contributed by atoms with Crippen LogP contribution in [-0.2, 0) is 6.54 Å². The number of fused-ring (bicyclic) bond motifs is 1. The molecule has 3 nitrogen and oxygen atoms in total. The summed E-state index contributed by atoms with van der Waals surface area (Å²) in [5.74, 6) is 2.35. The van der Waals surface area contributed by atoms with Crippen LogP contribution in [0.2, 0.25) is 0 Å². The van der Waals surface area contributed by atoms with Crippen LogP contribution in [0.3, 0.4) is 0 Å². The maximum Gasteiger partial charge on any atom is 0.176 e. The normalized spacial score (nSPS) is 13.7. The monoisotopic (exact) mass is 275 g/mol. The van der Waals surface area contributed by atoms with Crippen molar-refractivity contribution in [2.75, 3.05) is 13.7 Å². The van der Waals surface area contributed by atoms with Gasteiger partial charge in [-0.2, -0.15) is 0 Å². The third-order valence-electron chi connectivity index (χ3n) is 4.01. The highest BCUT2D eigenvalue weighted by atomic mass is 16.5. The lowest BCUT2D eigenvalue weighted by Gasteiger charge is -2.27. The van der Waals surface area contributed by atoms with Gasteiger partial charge in [0.2, 0.25) is 0 Å². The van der Waals surface area contributed by atoms with Gasteiger partial charge < -0.3 is 14.5 Å². The predicted molar refractivity (Wildman–Crippen MR) is 83.1 cm³/mol. The van der Waals surface area contributed by atoms with Gasteiger partial charge in [-0.15, -0.1) is 0 Å². The number of nitrogens with one attached hydrogen (secondary N) is 1. The highest BCUT2D eigenvalue weighted by Crippen LogP contribution is 2.28. The van der Waals surface area contributed by atoms with Crippen molar-refractivity contribution in [3.63, 3.8) is 0 Å². The van der Waals surface area contributed by atoms with Crippen molar-refractivity contribution in [3.05, 3.63) is 30.0 Å². The Balaban J connectivity index is 2.01. The van der Waals surface area contributed by atoms with E-state index in [1.807, 2.05) is 18.2 Å². The summed E-state index contributed by atoms with van der Waals surface area (Å²) < 4.78 is 11.2. The Hall–Kier alpha value is -1.48. The largest absolute Gasteiger partial charge is 0.493 e. The average molecular weight is 275 g/mol. The number of methoxy groups -OCH3 is 1. The molecule has 1 aromatic carbocycles. The minimum Gasteiger partial charge on any atom is -0.493 e. The van der Waals surface area contributed by atoms with E-state index >= 15 is 0 Å². The molecule has 3 heteroatoms. The summed E-state index contributed by atoms with van der Waals surface area (Å²) in [6.07, 6.45) is 0. The van der Waals surface area contributed by atoms with Gasteiger partial charge in [-0.1, -0.05) is 39.8 Å². The molecule has 0 radical (unpaired) electrons. The molecule has 0 amide bonds. The smallest absolute Gasteiger partial charge is 0.176 e. The van der Waals surface area contributed by atoms with Crippen molar-refractivity contribution in [3.8, 4) is 5.75 Å². The van der Waals surface area contributed by atoms with Gasteiger partial charge in [0.1, 0.15) is 5.76 Å². The van der Waals surface area contributed by atoms with Crippen LogP contribution in [0.15, 0.2) is 28.7 Å². The van der Waals surface area contributed by atoms with Crippen molar-refractivity contribution < 1.29 is 9.15 Å². The molecule has 2 aromatic rings. The topological polar surface area (TPSA) is 34.4 Å². The number of ether oxygens (including phenoxy) is 1. The first-order valence-corrected chi connectivity index (χ1v) is 7.18. The first kappa shape index (κ1) is 14.9. The Morgan fingerprint density at radius 3 is 2.70 bits per heavy atom. The third kappa shape index (κ3) is 3.34. The summed E-state index contributed by atoms with van der Waals surface area (Å²) in [6.45, 7) is 10.8. The summed E-state index contributed by atoms with van der Waals surface area (Å²) in [5, 5.41) is 4.56. The van der Waals surface area contributed by atoms with E-state index in [4.69, 9.17) is 9.15 Å². The number of hydrogen-bond acceptors (Lipinski definition) is 3. The van der Waals surface area contributed by atoms with Gasteiger partial charge in [0.25, 0.3) is 0 Å². The zero-order valence-electron chi connectivity index (χ0n) is 13.1. The Bertz CT molecular complexity index is 566. The lowest BCUT2D eigenvalue weighted by atomic mass is 9.82. The van der Waals surface area contributed by atoms with Crippen molar-refractivity contribution >= 4 is 11.0 Å². The number of hydrogen-bond donors (Lipinski definition) is 1. The van der Waals surface area contributed by atoms with Gasteiger partial charge in [0.05, 0.1) is 13.7 Å². The summed E-state index contributed by atoms with van der Waals surface area (Å²) in [6, 6.07) is 8.02. The van der Waals surface area contributed by atoms with Gasteiger partial charge in [-0.05, 0) is 30.0 Å². The standard InChI is InChI=1S/C17H25NO2/c1-12(17(2,3)4)10-18-11-14-9-13-7-6-8-15(19-5)16(13)20-14/h6-9,12,18H,10-11H2,1-5H3. The molecule has 0 fully saturated rings. The van der Waals surface area contributed by atoms with E-state index in [1.54, 1.807) is 7.11 Å². The molecule has 0 spiro atoms. The molecule has 0 aliphatic rings. The highest BCUT2D eigenvalue weighted by molar-refractivity contribution is 5.83. The number of furan rings is 1. The molecule has 0 saturated heterocycles. The van der Waals surface area contributed by atoms with Crippen LogP contribution in [0.5, 0.6) is 5.75 Å². The molecular formula is C17H25NO2. The average Bonchev–Trinajstić information content (AvgIpc) is 2.79. The van der Waals surface area contributed by atoms with Crippen LogP contribution in [-0.4, -0.2) is 13.7 Å². The Morgan fingerprint density at radius 2 is 2.05 bits per heavy atom. The first-order valence-electron chi connectivity index (χ1n) is 7.18. The number of para-hydroxylation sites is 1. The Kier molecular flexibility index (Phi) is 4.39. The molecule has 0 bridgehead atoms. The Morgan fingerprint density at radius 1 is 1.30 bits per heavy atom. The lowest BCUT2D eigenvalue weighted by molar-refractivity contribution is 0.251. The van der Waals surface area contributed by atoms with Gasteiger partial charge in [-0.25, -0.2) is 0 Å². The molecule has 110 valence electrons. The van der Waals surface area contributed by atoms with Crippen LogP contribution in [0.4, 0.5) is 0 Å². The van der Waals surface area contributed by atoms with Gasteiger partial charge in [0, 0.05) is 5.39 Å². The quantitative estimate of drug-likeness (QED) is 0.887. The highest BCUT2D eigenvalue weighted by Gasteiger charge is 2.19. The minimum absolute atomic E-state index is 0.324. The number of benzene rings is 1. The SMILES string of the molecule is COc1cccc2cc(CNCC(C)C(C)(C)C)oc12. The second-order valence-electron chi connectivity index (χ2n) is 6.49. The molecule has 1 heterocycles. The van der Waals surface area contributed by atoms with E-state index in [0.717, 1.165) is 35.6 Å². The van der Waals surface area contributed by atoms with Crippen molar-refractivity contribution in [2.24, 2.45) is 11.3 Å². The fourth-order valence-electron chi connectivity index (χ4n) is 2.06. The second-order valence-corrected chi connectivity index (χ2v) is 6.49. The molecule has 1 unspecified atom stereocenters. The molecule has 2 rings (SSSR count). The minimum atomic E-state index is 0.324. The predicted octanol–water partition coefficient (Wildman–Crippen LogP) is 4.21. The van der Waals surface area contributed by atoms with Crippen molar-refractivity contribution in [1.82, 2.24) is 5.32 Å². The summed E-state index contributed by atoms with van der Waals surface area (Å²) >= 11 is 0. The summed E-state index contributed by atoms with van der Waals surface area (Å²) in [7, 11) is 1.67. The van der Waals surface area contributed by atoms with Gasteiger partial charge in [-0.3, -0.25) is 0 Å². The Labute approximate surface area is 121 Å². The molecule has 1 N–H and O–H groups in total. The third-order valence-corrected chi connectivity index (χ3v) is 4.01. The van der Waals surface area contributed by atoms with Crippen LogP contribution in [0, 0.1) is 11.3 Å². The van der Waals surface area contributed by atoms with E-state index in [9.17, 15) is 0 Å². The maximum atomic E-state index is 5.87. The van der Waals surface area contributed by atoms with E-state index in [2.05, 4.69) is 39.1 Å². The zero-order valence-corrected chi connectivity index (χ0v) is 13.1. The van der Waals surface area contributed by atoms with E-state index in [1.165, 1.54) is 0 Å². The van der Waals surface area contributed by atoms with E-state index in [-0.39, 0.29) is 0 Å².